The maximum absolute atomic E-state index is 13.0. The number of nitrogens with zero attached hydrogens (tertiary/aromatic N) is 6. The Labute approximate surface area is 193 Å². The first-order chi connectivity index (χ1) is 16.2. The highest BCUT2D eigenvalue weighted by atomic mass is 16.2. The molecule has 2 bridgehead atoms. The SMILES string of the molecule is O=C(N[C@H]1CN2CCC1CC2)c1n[nH]c2cc(-c3cn(CCN4CCCCC4)nn3)ccc12. The number of benzene rings is 1. The third-order valence-electron chi connectivity index (χ3n) is 7.68. The van der Waals surface area contributed by atoms with Crippen LogP contribution in [0.5, 0.6) is 0 Å². The minimum atomic E-state index is -0.0867. The lowest BCUT2D eigenvalue weighted by Crippen LogP contribution is -2.57. The first kappa shape index (κ1) is 20.8. The Kier molecular flexibility index (Phi) is 5.59. The number of amides is 1. The number of likely N-dealkylation sites (tertiary alicyclic amines) is 1. The van der Waals surface area contributed by atoms with Gasteiger partial charge in [-0.15, -0.1) is 5.10 Å². The summed E-state index contributed by atoms with van der Waals surface area (Å²) in [5.41, 5.74) is 3.12. The maximum Gasteiger partial charge on any atom is 0.272 e. The van der Waals surface area contributed by atoms with Gasteiger partial charge in [0.05, 0.1) is 18.3 Å². The molecule has 4 fully saturated rings. The van der Waals surface area contributed by atoms with Gasteiger partial charge in [-0.1, -0.05) is 17.7 Å². The lowest BCUT2D eigenvalue weighted by Gasteiger charge is -2.44. The molecule has 2 aromatic heterocycles. The van der Waals surface area contributed by atoms with E-state index < -0.39 is 0 Å². The summed E-state index contributed by atoms with van der Waals surface area (Å²) in [5.74, 6) is 0.504. The highest BCUT2D eigenvalue weighted by molar-refractivity contribution is 6.05. The van der Waals surface area contributed by atoms with E-state index in [0.29, 0.717) is 11.6 Å². The Bertz CT molecular complexity index is 1120. The van der Waals surface area contributed by atoms with Crippen molar-refractivity contribution in [2.45, 2.75) is 44.7 Å². The number of H-pyrrole nitrogens is 1. The minimum Gasteiger partial charge on any atom is -0.346 e. The fraction of sp³-hybridized carbons (Fsp3) is 0.583. The summed E-state index contributed by atoms with van der Waals surface area (Å²) in [6.07, 6.45) is 8.30. The third kappa shape index (κ3) is 4.27. The molecule has 1 amide bonds. The molecule has 9 heteroatoms. The molecule has 4 aliphatic rings. The number of carbonyl (C=O) groups excluding carboxylic acids is 1. The number of carbonyl (C=O) groups is 1. The molecule has 7 rings (SSSR count). The topological polar surface area (TPSA) is 95.0 Å². The van der Waals surface area contributed by atoms with Crippen molar-refractivity contribution in [2.75, 3.05) is 39.3 Å². The molecule has 0 aliphatic carbocycles. The molecule has 1 atom stereocenters. The highest BCUT2D eigenvalue weighted by Crippen LogP contribution is 2.28. The molecule has 2 N–H and O–H groups in total. The van der Waals surface area contributed by atoms with Crippen molar-refractivity contribution >= 4 is 16.8 Å². The number of aromatic amines is 1. The second-order valence-corrected chi connectivity index (χ2v) is 9.82. The van der Waals surface area contributed by atoms with Crippen LogP contribution in [0.1, 0.15) is 42.6 Å². The number of rotatable bonds is 6. The van der Waals surface area contributed by atoms with Crippen LogP contribution in [0.2, 0.25) is 0 Å². The van der Waals surface area contributed by atoms with Gasteiger partial charge >= 0.3 is 0 Å². The zero-order chi connectivity index (χ0) is 22.2. The van der Waals surface area contributed by atoms with E-state index in [4.69, 9.17) is 0 Å². The van der Waals surface area contributed by atoms with Gasteiger partial charge in [-0.3, -0.25) is 14.6 Å². The van der Waals surface area contributed by atoms with Gasteiger partial charge in [-0.05, 0) is 69.9 Å². The lowest BCUT2D eigenvalue weighted by molar-refractivity contribution is 0.0618. The summed E-state index contributed by atoms with van der Waals surface area (Å²) in [6, 6.07) is 6.20. The van der Waals surface area contributed by atoms with E-state index in [-0.39, 0.29) is 11.9 Å². The number of piperidine rings is 4. The van der Waals surface area contributed by atoms with E-state index >= 15 is 0 Å². The quantitative estimate of drug-likeness (QED) is 0.600. The first-order valence-electron chi connectivity index (χ1n) is 12.4. The van der Waals surface area contributed by atoms with E-state index in [1.807, 2.05) is 29.1 Å². The van der Waals surface area contributed by atoms with Crippen molar-refractivity contribution in [3.05, 3.63) is 30.1 Å². The molecule has 1 aromatic carbocycles. The normalized spacial score (nSPS) is 25.5. The second-order valence-electron chi connectivity index (χ2n) is 9.82. The average molecular weight is 449 g/mol. The van der Waals surface area contributed by atoms with E-state index in [2.05, 4.69) is 35.6 Å². The Morgan fingerprint density at radius 2 is 1.94 bits per heavy atom. The van der Waals surface area contributed by atoms with Crippen molar-refractivity contribution in [1.29, 1.82) is 0 Å². The van der Waals surface area contributed by atoms with E-state index in [0.717, 1.165) is 54.9 Å². The Balaban J connectivity index is 1.13. The van der Waals surface area contributed by atoms with Gasteiger partial charge in [0.25, 0.3) is 5.91 Å². The lowest BCUT2D eigenvalue weighted by atomic mass is 9.84. The number of nitrogens with one attached hydrogen (secondary N) is 2. The van der Waals surface area contributed by atoms with Gasteiger partial charge in [0, 0.05) is 30.1 Å². The average Bonchev–Trinajstić information content (AvgIpc) is 3.51. The molecule has 0 unspecified atom stereocenters. The Morgan fingerprint density at radius 1 is 1.09 bits per heavy atom. The fourth-order valence-electron chi connectivity index (χ4n) is 5.68. The predicted molar refractivity (Wildman–Crippen MR) is 126 cm³/mol. The predicted octanol–water partition coefficient (Wildman–Crippen LogP) is 2.13. The standard InChI is InChI=1S/C24H32N8O/c33-24(25-21-15-31-10-6-17(21)7-11-31)23-19-5-4-18(14-20(19)26-28-23)22-16-32(29-27-22)13-12-30-8-2-1-3-9-30/h4-5,14,16-17,21H,1-3,6-13,15H2,(H,25,33)(H,26,28)/t21-/m0/s1. The molecule has 4 saturated heterocycles. The molecule has 0 radical (unpaired) electrons. The molecular weight excluding hydrogens is 416 g/mol. The van der Waals surface area contributed by atoms with Crippen LogP contribution in [-0.4, -0.2) is 86.2 Å². The molecule has 3 aromatic rings. The smallest absolute Gasteiger partial charge is 0.272 e. The summed E-state index contributed by atoms with van der Waals surface area (Å²) < 4.78 is 1.92. The minimum absolute atomic E-state index is 0.0867. The molecule has 33 heavy (non-hydrogen) atoms. The van der Waals surface area contributed by atoms with Crippen LogP contribution < -0.4 is 5.32 Å². The number of fused-ring (bicyclic) bond motifs is 4. The van der Waals surface area contributed by atoms with Crippen LogP contribution in [0.15, 0.2) is 24.4 Å². The third-order valence-corrected chi connectivity index (χ3v) is 7.68. The largest absolute Gasteiger partial charge is 0.346 e. The summed E-state index contributed by atoms with van der Waals surface area (Å²) in [7, 11) is 0. The Hall–Kier alpha value is -2.78. The van der Waals surface area contributed by atoms with Crippen LogP contribution in [-0.2, 0) is 6.54 Å². The Morgan fingerprint density at radius 3 is 2.73 bits per heavy atom. The zero-order valence-corrected chi connectivity index (χ0v) is 19.0. The number of hydrogen-bond donors (Lipinski definition) is 2. The first-order valence-corrected chi connectivity index (χ1v) is 12.4. The fourth-order valence-corrected chi connectivity index (χ4v) is 5.68. The molecule has 174 valence electrons. The van der Waals surface area contributed by atoms with Crippen LogP contribution >= 0.6 is 0 Å². The van der Waals surface area contributed by atoms with Crippen molar-refractivity contribution in [3.63, 3.8) is 0 Å². The summed E-state index contributed by atoms with van der Waals surface area (Å²) in [6.45, 7) is 7.52. The molecular formula is C24H32N8O. The van der Waals surface area contributed by atoms with Gasteiger partial charge in [-0.25, -0.2) is 0 Å². The van der Waals surface area contributed by atoms with Crippen LogP contribution in [0.4, 0.5) is 0 Å². The number of hydrogen-bond acceptors (Lipinski definition) is 6. The van der Waals surface area contributed by atoms with Crippen molar-refractivity contribution in [3.8, 4) is 11.3 Å². The van der Waals surface area contributed by atoms with Crippen LogP contribution in [0.25, 0.3) is 22.2 Å². The van der Waals surface area contributed by atoms with Gasteiger partial charge in [-0.2, -0.15) is 5.10 Å². The monoisotopic (exact) mass is 448 g/mol. The molecule has 6 heterocycles. The van der Waals surface area contributed by atoms with Crippen molar-refractivity contribution in [1.82, 2.24) is 40.3 Å². The van der Waals surface area contributed by atoms with Gasteiger partial charge < -0.3 is 15.1 Å². The molecule has 0 saturated carbocycles. The van der Waals surface area contributed by atoms with Crippen molar-refractivity contribution in [2.24, 2.45) is 5.92 Å². The van der Waals surface area contributed by atoms with Crippen molar-refractivity contribution < 1.29 is 4.79 Å². The van der Waals surface area contributed by atoms with Gasteiger partial charge in [0.1, 0.15) is 5.69 Å². The zero-order valence-electron chi connectivity index (χ0n) is 19.0. The van der Waals surface area contributed by atoms with Gasteiger partial charge in [0.15, 0.2) is 5.69 Å². The molecule has 4 aliphatic heterocycles. The van der Waals surface area contributed by atoms with E-state index in [9.17, 15) is 4.79 Å². The summed E-state index contributed by atoms with van der Waals surface area (Å²) >= 11 is 0. The summed E-state index contributed by atoms with van der Waals surface area (Å²) in [4.78, 5) is 17.9. The van der Waals surface area contributed by atoms with E-state index in [1.54, 1.807) is 0 Å². The molecule has 0 spiro atoms. The van der Waals surface area contributed by atoms with Gasteiger partial charge in [0.2, 0.25) is 0 Å². The van der Waals surface area contributed by atoms with E-state index in [1.165, 1.54) is 45.2 Å². The molecule has 9 nitrogen and oxygen atoms in total. The van der Waals surface area contributed by atoms with Crippen LogP contribution in [0, 0.1) is 5.92 Å². The second kappa shape index (κ2) is 8.87. The number of aromatic nitrogens is 5. The maximum atomic E-state index is 13.0. The summed E-state index contributed by atoms with van der Waals surface area (Å²) in [5, 5.41) is 20.2. The van der Waals surface area contributed by atoms with Crippen LogP contribution in [0.3, 0.4) is 0 Å². The highest BCUT2D eigenvalue weighted by Gasteiger charge is 2.35.